The van der Waals surface area contributed by atoms with E-state index in [4.69, 9.17) is 11.6 Å². The summed E-state index contributed by atoms with van der Waals surface area (Å²) in [5, 5.41) is 1.59. The molecule has 0 saturated heterocycles. The van der Waals surface area contributed by atoms with Gasteiger partial charge >= 0.3 is 6.08 Å². The van der Waals surface area contributed by atoms with Crippen molar-refractivity contribution in [2.75, 3.05) is 0 Å². The first-order valence-corrected chi connectivity index (χ1v) is 6.49. The number of hydrogen-bond donors (Lipinski definition) is 0. The summed E-state index contributed by atoms with van der Waals surface area (Å²) in [7, 11) is 0. The van der Waals surface area contributed by atoms with Gasteiger partial charge in [0.25, 0.3) is 0 Å². The number of rotatable bonds is 3. The SMILES string of the molecule is FC(F)=C(F)c1ccsc1-c1ccc(CCl)cc1. The summed E-state index contributed by atoms with van der Waals surface area (Å²) >= 11 is 6.88. The molecule has 0 spiro atoms. The van der Waals surface area contributed by atoms with Crippen molar-refractivity contribution >= 4 is 28.8 Å². The lowest BCUT2D eigenvalue weighted by atomic mass is 10.1. The first-order valence-electron chi connectivity index (χ1n) is 5.07. The summed E-state index contributed by atoms with van der Waals surface area (Å²) < 4.78 is 37.9. The second kappa shape index (κ2) is 5.59. The molecule has 1 heterocycles. The third kappa shape index (κ3) is 2.60. The molecule has 0 saturated carbocycles. The van der Waals surface area contributed by atoms with Gasteiger partial charge in [-0.25, -0.2) is 4.39 Å². The van der Waals surface area contributed by atoms with Gasteiger partial charge in [-0.3, -0.25) is 0 Å². The molecule has 0 radical (unpaired) electrons. The van der Waals surface area contributed by atoms with E-state index in [1.165, 1.54) is 17.4 Å². The van der Waals surface area contributed by atoms with Gasteiger partial charge in [0, 0.05) is 16.3 Å². The molecule has 0 amide bonds. The molecule has 0 nitrogen and oxygen atoms in total. The van der Waals surface area contributed by atoms with Crippen molar-refractivity contribution in [1.29, 1.82) is 0 Å². The minimum atomic E-state index is -2.30. The highest BCUT2D eigenvalue weighted by molar-refractivity contribution is 7.13. The van der Waals surface area contributed by atoms with Crippen LogP contribution in [0.2, 0.25) is 0 Å². The average molecular weight is 289 g/mol. The van der Waals surface area contributed by atoms with Crippen LogP contribution >= 0.6 is 22.9 Å². The van der Waals surface area contributed by atoms with Crippen LogP contribution in [-0.2, 0) is 5.88 Å². The molecular formula is C13H8ClF3S. The van der Waals surface area contributed by atoms with Gasteiger partial charge in [-0.05, 0) is 22.6 Å². The van der Waals surface area contributed by atoms with E-state index in [0.717, 1.165) is 5.56 Å². The quantitative estimate of drug-likeness (QED) is 0.637. The topological polar surface area (TPSA) is 0 Å². The highest BCUT2D eigenvalue weighted by Gasteiger charge is 2.15. The van der Waals surface area contributed by atoms with Gasteiger partial charge < -0.3 is 0 Å². The largest absolute Gasteiger partial charge is 0.306 e. The van der Waals surface area contributed by atoms with Crippen molar-refractivity contribution in [2.45, 2.75) is 5.88 Å². The van der Waals surface area contributed by atoms with Crippen molar-refractivity contribution < 1.29 is 13.2 Å². The van der Waals surface area contributed by atoms with E-state index in [1.54, 1.807) is 29.6 Å². The van der Waals surface area contributed by atoms with Crippen LogP contribution in [0.1, 0.15) is 11.1 Å². The molecule has 2 rings (SSSR count). The van der Waals surface area contributed by atoms with Crippen LogP contribution < -0.4 is 0 Å². The third-order valence-corrected chi connectivity index (χ3v) is 3.71. The maximum Gasteiger partial charge on any atom is 0.306 e. The molecule has 18 heavy (non-hydrogen) atoms. The van der Waals surface area contributed by atoms with Crippen molar-refractivity contribution in [3.05, 3.63) is 52.9 Å². The molecule has 0 aliphatic carbocycles. The number of benzene rings is 1. The maximum absolute atomic E-state index is 13.3. The molecule has 0 fully saturated rings. The van der Waals surface area contributed by atoms with Crippen LogP contribution in [0.25, 0.3) is 16.3 Å². The van der Waals surface area contributed by atoms with Crippen LogP contribution in [0.15, 0.2) is 41.8 Å². The number of alkyl halides is 1. The smallest absolute Gasteiger partial charge is 0.200 e. The van der Waals surface area contributed by atoms with Crippen LogP contribution in [0.5, 0.6) is 0 Å². The summed E-state index contributed by atoms with van der Waals surface area (Å²) in [6.45, 7) is 0. The van der Waals surface area contributed by atoms with Crippen molar-refractivity contribution in [3.8, 4) is 10.4 Å². The van der Waals surface area contributed by atoms with Crippen molar-refractivity contribution in [2.24, 2.45) is 0 Å². The maximum atomic E-state index is 13.3. The Kier molecular flexibility index (Phi) is 4.09. The first kappa shape index (κ1) is 13.2. The fraction of sp³-hybridized carbons (Fsp3) is 0.0769. The van der Waals surface area contributed by atoms with Gasteiger partial charge in [-0.1, -0.05) is 24.3 Å². The number of thiophene rings is 1. The second-order valence-corrected chi connectivity index (χ2v) is 4.75. The highest BCUT2D eigenvalue weighted by atomic mass is 35.5. The normalized spacial score (nSPS) is 10.4. The summed E-state index contributed by atoms with van der Waals surface area (Å²) in [5.41, 5.74) is 1.55. The molecule has 0 N–H and O–H groups in total. The molecule has 1 aromatic carbocycles. The Morgan fingerprint density at radius 2 is 1.72 bits per heavy atom. The standard InChI is InChI=1S/C13H8ClF3S/c14-7-8-1-3-9(4-2-8)12-10(5-6-18-12)11(15)13(16)17/h1-6H,7H2. The Hall–Kier alpha value is -1.26. The molecule has 0 unspecified atom stereocenters. The average Bonchev–Trinajstić information content (AvgIpc) is 2.87. The Morgan fingerprint density at radius 1 is 1.06 bits per heavy atom. The first-order chi connectivity index (χ1) is 8.63. The highest BCUT2D eigenvalue weighted by Crippen LogP contribution is 2.36. The minimum absolute atomic E-state index is 0.0707. The molecule has 0 atom stereocenters. The van der Waals surface area contributed by atoms with E-state index in [-0.39, 0.29) is 5.56 Å². The van der Waals surface area contributed by atoms with Crippen molar-refractivity contribution in [1.82, 2.24) is 0 Å². The van der Waals surface area contributed by atoms with Gasteiger partial charge in [0.2, 0.25) is 0 Å². The van der Waals surface area contributed by atoms with Gasteiger partial charge in [0.15, 0.2) is 5.83 Å². The van der Waals surface area contributed by atoms with Crippen LogP contribution in [0, 0.1) is 0 Å². The Labute approximate surface area is 111 Å². The fourth-order valence-electron chi connectivity index (χ4n) is 1.55. The monoisotopic (exact) mass is 288 g/mol. The molecule has 0 bridgehead atoms. The van der Waals surface area contributed by atoms with E-state index < -0.39 is 11.9 Å². The Bertz CT molecular complexity index is 568. The lowest BCUT2D eigenvalue weighted by Crippen LogP contribution is -1.83. The van der Waals surface area contributed by atoms with Crippen LogP contribution in [0.3, 0.4) is 0 Å². The zero-order valence-corrected chi connectivity index (χ0v) is 10.7. The molecular weight excluding hydrogens is 281 g/mol. The molecule has 1 aromatic heterocycles. The predicted molar refractivity (Wildman–Crippen MR) is 69.6 cm³/mol. The van der Waals surface area contributed by atoms with E-state index in [1.807, 2.05) is 0 Å². The predicted octanol–water partition coefficient (Wildman–Crippen LogP) is 5.69. The minimum Gasteiger partial charge on any atom is -0.200 e. The Balaban J connectivity index is 2.45. The van der Waals surface area contributed by atoms with E-state index in [0.29, 0.717) is 16.3 Å². The second-order valence-electron chi connectivity index (χ2n) is 3.57. The summed E-state index contributed by atoms with van der Waals surface area (Å²) in [4.78, 5) is 0.487. The zero-order valence-electron chi connectivity index (χ0n) is 9.09. The van der Waals surface area contributed by atoms with Gasteiger partial charge in [-0.2, -0.15) is 8.78 Å². The summed E-state index contributed by atoms with van der Waals surface area (Å²) in [6.07, 6.45) is -2.30. The molecule has 94 valence electrons. The zero-order chi connectivity index (χ0) is 13.1. The van der Waals surface area contributed by atoms with E-state index >= 15 is 0 Å². The van der Waals surface area contributed by atoms with Crippen molar-refractivity contribution in [3.63, 3.8) is 0 Å². The molecule has 0 aliphatic rings. The third-order valence-electron chi connectivity index (χ3n) is 2.44. The molecule has 0 aliphatic heterocycles. The summed E-state index contributed by atoms with van der Waals surface area (Å²) in [5.74, 6) is -1.09. The lowest BCUT2D eigenvalue weighted by Gasteiger charge is -2.03. The fourth-order valence-corrected chi connectivity index (χ4v) is 2.63. The Morgan fingerprint density at radius 3 is 2.28 bits per heavy atom. The van der Waals surface area contributed by atoms with E-state index in [9.17, 15) is 13.2 Å². The van der Waals surface area contributed by atoms with E-state index in [2.05, 4.69) is 0 Å². The molecule has 2 aromatic rings. The summed E-state index contributed by atoms with van der Waals surface area (Å²) in [6, 6.07) is 8.43. The molecule has 5 heteroatoms. The lowest BCUT2D eigenvalue weighted by molar-refractivity contribution is 0.410. The van der Waals surface area contributed by atoms with Gasteiger partial charge in [0.05, 0.1) is 0 Å². The number of hydrogen-bond acceptors (Lipinski definition) is 1. The van der Waals surface area contributed by atoms with Crippen LogP contribution in [-0.4, -0.2) is 0 Å². The number of halogens is 4. The van der Waals surface area contributed by atoms with Crippen LogP contribution in [0.4, 0.5) is 13.2 Å². The van der Waals surface area contributed by atoms with Gasteiger partial charge in [-0.15, -0.1) is 22.9 Å². The van der Waals surface area contributed by atoms with Gasteiger partial charge in [0.1, 0.15) is 0 Å².